The third-order valence-corrected chi connectivity index (χ3v) is 7.72. The molecule has 4 rings (SSSR count). The van der Waals surface area contributed by atoms with E-state index in [9.17, 15) is 23.5 Å². The largest absolute Gasteiger partial charge is 0.481 e. The number of benzene rings is 1. The van der Waals surface area contributed by atoms with Crippen molar-refractivity contribution in [2.45, 2.75) is 51.2 Å². The van der Waals surface area contributed by atoms with Crippen molar-refractivity contribution in [3.05, 3.63) is 41.2 Å². The van der Waals surface area contributed by atoms with E-state index in [4.69, 9.17) is 16.3 Å². The molecule has 9 nitrogen and oxygen atoms in total. The average molecular weight is 555 g/mol. The van der Waals surface area contributed by atoms with Crippen LogP contribution in [0, 0.1) is 11.8 Å². The van der Waals surface area contributed by atoms with E-state index in [2.05, 4.69) is 20.1 Å². The number of likely N-dealkylation sites (tertiary alicyclic amines) is 1. The van der Waals surface area contributed by atoms with Crippen molar-refractivity contribution in [3.8, 4) is 5.75 Å². The maximum Gasteiger partial charge on any atom is 0.387 e. The number of piperidine rings is 1. The Hall–Kier alpha value is -2.76. The van der Waals surface area contributed by atoms with Gasteiger partial charge in [-0.1, -0.05) is 25.4 Å². The van der Waals surface area contributed by atoms with Crippen molar-refractivity contribution in [1.29, 1.82) is 0 Å². The van der Waals surface area contributed by atoms with Crippen LogP contribution in [0.3, 0.4) is 0 Å². The number of nitrogens with one attached hydrogen (secondary N) is 1. The molecule has 0 spiro atoms. The number of nitrogens with zero attached hydrogens (tertiary/aromatic N) is 3. The molecule has 2 atom stereocenters. The van der Waals surface area contributed by atoms with Gasteiger partial charge in [-0.15, -0.1) is 0 Å². The van der Waals surface area contributed by atoms with E-state index in [-0.39, 0.29) is 28.3 Å². The number of carboxylic acid groups (broad SMARTS) is 1. The quantitative estimate of drug-likeness (QED) is 0.447. The van der Waals surface area contributed by atoms with Gasteiger partial charge in [-0.05, 0) is 49.3 Å². The summed E-state index contributed by atoms with van der Waals surface area (Å²) in [4.78, 5) is 28.0. The number of aromatic nitrogens is 2. The summed E-state index contributed by atoms with van der Waals surface area (Å²) in [6.45, 7) is 3.20. The first-order valence-corrected chi connectivity index (χ1v) is 13.1. The minimum absolute atomic E-state index is 0.0423. The summed E-state index contributed by atoms with van der Waals surface area (Å²) in [5, 5.41) is 17.3. The van der Waals surface area contributed by atoms with Crippen LogP contribution in [0.2, 0.25) is 5.02 Å². The van der Waals surface area contributed by atoms with E-state index in [0.717, 1.165) is 5.69 Å². The summed E-state index contributed by atoms with van der Waals surface area (Å²) >= 11 is 5.97. The number of carboxylic acids is 1. The average Bonchev–Trinajstić information content (AvgIpc) is 3.57. The van der Waals surface area contributed by atoms with Crippen molar-refractivity contribution in [1.82, 2.24) is 14.7 Å². The van der Waals surface area contributed by atoms with E-state index in [1.807, 2.05) is 19.9 Å². The SMILES string of the molecule is CC(C)c1ccnn1C1(C(=O)Nc2ccc(Cl)cc2OC(F)F)CCN(CC(C(=O)O)C2CCOC2)CC1. The molecular weight excluding hydrogens is 522 g/mol. The first kappa shape index (κ1) is 28.3. The smallest absolute Gasteiger partial charge is 0.387 e. The molecule has 0 aliphatic carbocycles. The molecule has 2 saturated heterocycles. The highest BCUT2D eigenvalue weighted by Crippen LogP contribution is 2.37. The first-order valence-electron chi connectivity index (χ1n) is 12.7. The normalized spacial score (nSPS) is 20.6. The van der Waals surface area contributed by atoms with Gasteiger partial charge >= 0.3 is 12.6 Å². The van der Waals surface area contributed by atoms with Gasteiger partial charge in [0.05, 0.1) is 18.2 Å². The number of halogens is 3. The first-order chi connectivity index (χ1) is 18.1. The van der Waals surface area contributed by atoms with Crippen LogP contribution in [-0.4, -0.2) is 71.1 Å². The zero-order valence-electron chi connectivity index (χ0n) is 21.4. The van der Waals surface area contributed by atoms with Crippen LogP contribution in [0.15, 0.2) is 30.5 Å². The van der Waals surface area contributed by atoms with Gasteiger partial charge < -0.3 is 24.8 Å². The van der Waals surface area contributed by atoms with Crippen LogP contribution in [0.1, 0.15) is 44.7 Å². The summed E-state index contributed by atoms with van der Waals surface area (Å²) in [5.74, 6) is -2.02. The molecule has 1 amide bonds. The summed E-state index contributed by atoms with van der Waals surface area (Å²) in [6.07, 6.45) is 3.07. The Labute approximate surface area is 225 Å². The lowest BCUT2D eigenvalue weighted by Crippen LogP contribution is -2.55. The molecular formula is C26H33ClF2N4O5. The lowest BCUT2D eigenvalue weighted by Gasteiger charge is -2.42. The van der Waals surface area contributed by atoms with Gasteiger partial charge in [0.15, 0.2) is 5.75 Å². The maximum absolute atomic E-state index is 14.0. The maximum atomic E-state index is 14.0. The molecule has 2 N–H and O–H groups in total. The van der Waals surface area contributed by atoms with Gasteiger partial charge in [0.25, 0.3) is 5.91 Å². The minimum atomic E-state index is -3.09. The highest BCUT2D eigenvalue weighted by Gasteiger charge is 2.46. The Morgan fingerprint density at radius 3 is 2.63 bits per heavy atom. The van der Waals surface area contributed by atoms with E-state index in [1.165, 1.54) is 18.2 Å². The van der Waals surface area contributed by atoms with E-state index in [0.29, 0.717) is 52.1 Å². The number of alkyl halides is 2. The molecule has 1 aromatic carbocycles. The highest BCUT2D eigenvalue weighted by atomic mass is 35.5. The fourth-order valence-electron chi connectivity index (χ4n) is 5.36. The number of ether oxygens (including phenoxy) is 2. The zero-order valence-corrected chi connectivity index (χ0v) is 22.2. The lowest BCUT2D eigenvalue weighted by atomic mass is 9.84. The van der Waals surface area contributed by atoms with Crippen molar-refractivity contribution in [2.24, 2.45) is 11.8 Å². The number of hydrogen-bond donors (Lipinski definition) is 2. The van der Waals surface area contributed by atoms with E-state index < -0.39 is 29.9 Å². The number of rotatable bonds is 10. The molecule has 38 heavy (non-hydrogen) atoms. The van der Waals surface area contributed by atoms with Crippen LogP contribution in [-0.2, 0) is 19.9 Å². The molecule has 2 aromatic rings. The summed E-state index contributed by atoms with van der Waals surface area (Å²) in [7, 11) is 0. The van der Waals surface area contributed by atoms with Crippen LogP contribution in [0.25, 0.3) is 0 Å². The lowest BCUT2D eigenvalue weighted by molar-refractivity contribution is -0.145. The number of hydrogen-bond acceptors (Lipinski definition) is 6. The second kappa shape index (κ2) is 12.0. The summed E-state index contributed by atoms with van der Waals surface area (Å²) < 4.78 is 37.8. The topological polar surface area (TPSA) is 106 Å². The third-order valence-electron chi connectivity index (χ3n) is 7.49. The molecule has 2 aliphatic rings. The second-order valence-corrected chi connectivity index (χ2v) is 10.6. The van der Waals surface area contributed by atoms with Crippen molar-refractivity contribution in [2.75, 3.05) is 38.2 Å². The Kier molecular flexibility index (Phi) is 8.89. The number of carbonyl (C=O) groups excluding carboxylic acids is 1. The van der Waals surface area contributed by atoms with Gasteiger partial charge in [-0.3, -0.25) is 14.3 Å². The minimum Gasteiger partial charge on any atom is -0.481 e. The third kappa shape index (κ3) is 6.10. The molecule has 208 valence electrons. The molecule has 0 saturated carbocycles. The Morgan fingerprint density at radius 2 is 2.03 bits per heavy atom. The molecule has 12 heteroatoms. The standard InChI is InChI=1S/C26H33ClF2N4O5/c1-16(2)21-5-9-30-33(21)26(24(36)31-20-4-3-18(27)13-22(20)38-25(28)29)7-10-32(11-8-26)14-19(23(34)35)17-6-12-37-15-17/h3-5,9,13,16-17,19,25H,6-8,10-12,14-15H2,1-2H3,(H,31,36)(H,34,35). The monoisotopic (exact) mass is 554 g/mol. The van der Waals surface area contributed by atoms with E-state index >= 15 is 0 Å². The summed E-state index contributed by atoms with van der Waals surface area (Å²) in [6, 6.07) is 6.00. The number of amides is 1. The zero-order chi connectivity index (χ0) is 27.4. The predicted molar refractivity (Wildman–Crippen MR) is 137 cm³/mol. The van der Waals surface area contributed by atoms with Gasteiger partial charge in [0, 0.05) is 49.2 Å². The van der Waals surface area contributed by atoms with Gasteiger partial charge in [0.2, 0.25) is 0 Å². The van der Waals surface area contributed by atoms with Crippen LogP contribution < -0.4 is 10.1 Å². The molecule has 2 fully saturated rings. The fourth-order valence-corrected chi connectivity index (χ4v) is 5.52. The molecule has 1 aromatic heterocycles. The molecule has 2 unspecified atom stereocenters. The number of aliphatic carboxylic acids is 1. The Bertz CT molecular complexity index is 1130. The van der Waals surface area contributed by atoms with Crippen molar-refractivity contribution in [3.63, 3.8) is 0 Å². The van der Waals surface area contributed by atoms with Gasteiger partial charge in [-0.2, -0.15) is 13.9 Å². The van der Waals surface area contributed by atoms with Gasteiger partial charge in [0.1, 0.15) is 5.54 Å². The van der Waals surface area contributed by atoms with Crippen LogP contribution in [0.4, 0.5) is 14.5 Å². The molecule has 3 heterocycles. The molecule has 0 radical (unpaired) electrons. The molecule has 2 aliphatic heterocycles. The Balaban J connectivity index is 1.59. The fraction of sp³-hybridized carbons (Fsp3) is 0.577. The second-order valence-electron chi connectivity index (χ2n) is 10.2. The Morgan fingerprint density at radius 1 is 1.29 bits per heavy atom. The van der Waals surface area contributed by atoms with Gasteiger partial charge in [-0.25, -0.2) is 0 Å². The van der Waals surface area contributed by atoms with Crippen LogP contribution >= 0.6 is 11.6 Å². The van der Waals surface area contributed by atoms with Crippen molar-refractivity contribution < 1.29 is 33.0 Å². The summed E-state index contributed by atoms with van der Waals surface area (Å²) in [5.41, 5.74) is -0.177. The number of anilines is 1. The van der Waals surface area contributed by atoms with Crippen LogP contribution in [0.5, 0.6) is 5.75 Å². The highest BCUT2D eigenvalue weighted by molar-refractivity contribution is 6.30. The molecule has 0 bridgehead atoms. The number of carbonyl (C=O) groups is 2. The predicted octanol–water partition coefficient (Wildman–Crippen LogP) is 4.43. The van der Waals surface area contributed by atoms with E-state index in [1.54, 1.807) is 10.9 Å². The van der Waals surface area contributed by atoms with Crippen molar-refractivity contribution >= 4 is 29.2 Å².